The third kappa shape index (κ3) is 4.35. The number of hydrogen-bond donors (Lipinski definition) is 0. The summed E-state index contributed by atoms with van der Waals surface area (Å²) in [6.45, 7) is 6.71. The number of rotatable bonds is 7. The molecule has 106 valence electrons. The third-order valence-corrected chi connectivity index (χ3v) is 3.67. The summed E-state index contributed by atoms with van der Waals surface area (Å²) in [4.78, 5) is 26.3. The Labute approximate surface area is 118 Å². The van der Waals surface area contributed by atoms with Crippen molar-refractivity contribution in [1.29, 1.82) is 0 Å². The summed E-state index contributed by atoms with van der Waals surface area (Å²) in [5, 5.41) is 1.92. The number of amides is 1. The molecule has 0 bridgehead atoms. The molecular formula is C14H21NO3S. The zero-order valence-electron chi connectivity index (χ0n) is 11.8. The molecule has 0 aliphatic heterocycles. The number of carbonyl (C=O) groups is 2. The van der Waals surface area contributed by atoms with Crippen molar-refractivity contribution in [3.63, 3.8) is 0 Å². The van der Waals surface area contributed by atoms with E-state index in [1.165, 1.54) is 11.3 Å². The topological polar surface area (TPSA) is 46.6 Å². The summed E-state index contributed by atoms with van der Waals surface area (Å²) in [6, 6.07) is 1.96. The van der Waals surface area contributed by atoms with Crippen LogP contribution in [0.15, 0.2) is 11.4 Å². The lowest BCUT2D eigenvalue weighted by Gasteiger charge is -2.21. The number of esters is 1. The van der Waals surface area contributed by atoms with Gasteiger partial charge in [0.05, 0.1) is 11.5 Å². The third-order valence-electron chi connectivity index (χ3n) is 2.73. The average molecular weight is 283 g/mol. The van der Waals surface area contributed by atoms with Gasteiger partial charge in [-0.15, -0.1) is 11.3 Å². The van der Waals surface area contributed by atoms with Gasteiger partial charge in [-0.05, 0) is 36.8 Å². The van der Waals surface area contributed by atoms with Crippen molar-refractivity contribution in [1.82, 2.24) is 4.90 Å². The fraction of sp³-hybridized carbons (Fsp3) is 0.571. The van der Waals surface area contributed by atoms with E-state index >= 15 is 0 Å². The lowest BCUT2D eigenvalue weighted by molar-refractivity contribution is -0.143. The van der Waals surface area contributed by atoms with E-state index in [4.69, 9.17) is 4.74 Å². The minimum atomic E-state index is -0.348. The maximum Gasteiger partial charge on any atom is 0.325 e. The van der Waals surface area contributed by atoms with Gasteiger partial charge in [-0.3, -0.25) is 9.59 Å². The van der Waals surface area contributed by atoms with E-state index < -0.39 is 0 Å². The molecule has 1 amide bonds. The minimum absolute atomic E-state index is 0.0293. The highest BCUT2D eigenvalue weighted by Gasteiger charge is 2.21. The summed E-state index contributed by atoms with van der Waals surface area (Å²) in [5.74, 6) is -0.416. The van der Waals surface area contributed by atoms with Gasteiger partial charge in [0, 0.05) is 6.54 Å². The van der Waals surface area contributed by atoms with Crippen LogP contribution in [0.4, 0.5) is 0 Å². The molecular weight excluding hydrogens is 262 g/mol. The second-order valence-electron chi connectivity index (χ2n) is 4.16. The number of hydrogen-bond acceptors (Lipinski definition) is 4. The fourth-order valence-corrected chi connectivity index (χ4v) is 2.79. The lowest BCUT2D eigenvalue weighted by atomic mass is 10.2. The van der Waals surface area contributed by atoms with Crippen molar-refractivity contribution in [2.75, 3.05) is 19.7 Å². The molecule has 1 rings (SSSR count). The molecule has 0 aliphatic rings. The Kier molecular flexibility index (Phi) is 6.56. The molecule has 0 saturated heterocycles. The SMILES string of the molecule is CCCN(CC(=O)OCC)C(=O)c1sccc1CC. The Balaban J connectivity index is 2.80. The Hall–Kier alpha value is -1.36. The van der Waals surface area contributed by atoms with Gasteiger partial charge in [-0.1, -0.05) is 13.8 Å². The molecule has 1 heterocycles. The van der Waals surface area contributed by atoms with Gasteiger partial charge in [0.15, 0.2) is 0 Å². The summed E-state index contributed by atoms with van der Waals surface area (Å²) < 4.78 is 4.91. The van der Waals surface area contributed by atoms with Gasteiger partial charge < -0.3 is 9.64 Å². The first-order valence-corrected chi connectivity index (χ1v) is 7.53. The van der Waals surface area contributed by atoms with Crippen molar-refractivity contribution >= 4 is 23.2 Å². The summed E-state index contributed by atoms with van der Waals surface area (Å²) in [6.07, 6.45) is 1.64. The molecule has 4 nitrogen and oxygen atoms in total. The standard InChI is InChI=1S/C14H21NO3S/c1-4-8-15(10-12(16)18-6-3)14(17)13-11(5-2)7-9-19-13/h7,9H,4-6,8,10H2,1-3H3. The summed E-state index contributed by atoms with van der Waals surface area (Å²) in [5.41, 5.74) is 1.04. The Bertz CT molecular complexity index is 428. The average Bonchev–Trinajstić information content (AvgIpc) is 2.86. The first-order valence-electron chi connectivity index (χ1n) is 6.65. The summed E-state index contributed by atoms with van der Waals surface area (Å²) in [7, 11) is 0. The van der Waals surface area contributed by atoms with E-state index in [9.17, 15) is 9.59 Å². The van der Waals surface area contributed by atoms with Crippen LogP contribution in [0.3, 0.4) is 0 Å². The van der Waals surface area contributed by atoms with Crippen LogP contribution in [0.25, 0.3) is 0 Å². The number of aryl methyl sites for hydroxylation is 1. The van der Waals surface area contributed by atoms with Crippen molar-refractivity contribution in [3.05, 3.63) is 21.9 Å². The van der Waals surface area contributed by atoms with Crippen LogP contribution in [0, 0.1) is 0 Å². The van der Waals surface area contributed by atoms with Crippen LogP contribution in [-0.2, 0) is 16.0 Å². The number of ether oxygens (including phenoxy) is 1. The first-order chi connectivity index (χ1) is 9.13. The summed E-state index contributed by atoms with van der Waals surface area (Å²) >= 11 is 1.43. The van der Waals surface area contributed by atoms with E-state index in [0.717, 1.165) is 23.3 Å². The van der Waals surface area contributed by atoms with Gasteiger partial charge in [-0.2, -0.15) is 0 Å². The molecule has 1 aromatic heterocycles. The van der Waals surface area contributed by atoms with Crippen LogP contribution < -0.4 is 0 Å². The van der Waals surface area contributed by atoms with Gasteiger partial charge in [0.25, 0.3) is 5.91 Å². The molecule has 0 spiro atoms. The molecule has 0 radical (unpaired) electrons. The predicted molar refractivity (Wildman–Crippen MR) is 76.5 cm³/mol. The smallest absolute Gasteiger partial charge is 0.325 e. The molecule has 5 heteroatoms. The molecule has 0 unspecified atom stereocenters. The Morgan fingerprint density at radius 3 is 2.63 bits per heavy atom. The van der Waals surface area contributed by atoms with E-state index in [0.29, 0.717) is 13.2 Å². The molecule has 0 aliphatic carbocycles. The Morgan fingerprint density at radius 2 is 2.05 bits per heavy atom. The molecule has 0 saturated carbocycles. The highest BCUT2D eigenvalue weighted by molar-refractivity contribution is 7.12. The van der Waals surface area contributed by atoms with Crippen molar-refractivity contribution < 1.29 is 14.3 Å². The normalized spacial score (nSPS) is 10.3. The Morgan fingerprint density at radius 1 is 1.32 bits per heavy atom. The van der Waals surface area contributed by atoms with Gasteiger partial charge in [-0.25, -0.2) is 0 Å². The van der Waals surface area contributed by atoms with Crippen molar-refractivity contribution in [3.8, 4) is 0 Å². The fourth-order valence-electron chi connectivity index (χ4n) is 1.83. The van der Waals surface area contributed by atoms with Crippen LogP contribution in [-0.4, -0.2) is 36.5 Å². The van der Waals surface area contributed by atoms with Gasteiger partial charge >= 0.3 is 5.97 Å². The molecule has 0 atom stereocenters. The number of carbonyl (C=O) groups excluding carboxylic acids is 2. The van der Waals surface area contributed by atoms with Gasteiger partial charge in [0.2, 0.25) is 0 Å². The number of nitrogens with zero attached hydrogens (tertiary/aromatic N) is 1. The molecule has 0 aromatic carbocycles. The second kappa shape index (κ2) is 7.94. The second-order valence-corrected chi connectivity index (χ2v) is 5.08. The zero-order chi connectivity index (χ0) is 14.3. The zero-order valence-corrected chi connectivity index (χ0v) is 12.6. The van der Waals surface area contributed by atoms with Crippen molar-refractivity contribution in [2.24, 2.45) is 0 Å². The maximum absolute atomic E-state index is 12.4. The van der Waals surface area contributed by atoms with E-state index in [2.05, 4.69) is 0 Å². The molecule has 0 fully saturated rings. The number of thiophene rings is 1. The quantitative estimate of drug-likeness (QED) is 0.723. The van der Waals surface area contributed by atoms with Crippen LogP contribution in [0.1, 0.15) is 42.4 Å². The minimum Gasteiger partial charge on any atom is -0.465 e. The predicted octanol–water partition coefficient (Wildman–Crippen LogP) is 2.73. The van der Waals surface area contributed by atoms with Crippen molar-refractivity contribution in [2.45, 2.75) is 33.6 Å². The molecule has 19 heavy (non-hydrogen) atoms. The van der Waals surface area contributed by atoms with Gasteiger partial charge in [0.1, 0.15) is 6.54 Å². The van der Waals surface area contributed by atoms with Crippen LogP contribution >= 0.6 is 11.3 Å². The molecule has 1 aromatic rings. The maximum atomic E-state index is 12.4. The van der Waals surface area contributed by atoms with E-state index in [-0.39, 0.29) is 18.4 Å². The van der Waals surface area contributed by atoms with Crippen LogP contribution in [0.5, 0.6) is 0 Å². The molecule has 0 N–H and O–H groups in total. The van der Waals surface area contributed by atoms with Crippen LogP contribution in [0.2, 0.25) is 0 Å². The highest BCUT2D eigenvalue weighted by Crippen LogP contribution is 2.19. The van der Waals surface area contributed by atoms with E-state index in [1.807, 2.05) is 25.3 Å². The lowest BCUT2D eigenvalue weighted by Crippen LogP contribution is -2.37. The monoisotopic (exact) mass is 283 g/mol. The van der Waals surface area contributed by atoms with E-state index in [1.54, 1.807) is 11.8 Å². The first kappa shape index (κ1) is 15.7. The largest absolute Gasteiger partial charge is 0.465 e. The highest BCUT2D eigenvalue weighted by atomic mass is 32.1.